The summed E-state index contributed by atoms with van der Waals surface area (Å²) in [5.41, 5.74) is -0.0242. The fourth-order valence-electron chi connectivity index (χ4n) is 2.09. The predicted octanol–water partition coefficient (Wildman–Crippen LogP) is 3.69. The van der Waals surface area contributed by atoms with Gasteiger partial charge in [0.1, 0.15) is 5.60 Å². The van der Waals surface area contributed by atoms with E-state index in [-0.39, 0.29) is 6.10 Å². The predicted molar refractivity (Wildman–Crippen MR) is 69.6 cm³/mol. The van der Waals surface area contributed by atoms with Crippen LogP contribution in [0.2, 0.25) is 0 Å². The van der Waals surface area contributed by atoms with Crippen molar-refractivity contribution in [1.29, 1.82) is 0 Å². The third-order valence-electron chi connectivity index (χ3n) is 3.17. The van der Waals surface area contributed by atoms with E-state index in [0.29, 0.717) is 6.61 Å². The average Bonchev–Trinajstić information content (AvgIpc) is 2.25. The van der Waals surface area contributed by atoms with Gasteiger partial charge in [-0.1, -0.05) is 39.7 Å². The van der Waals surface area contributed by atoms with E-state index in [9.17, 15) is 5.11 Å². The van der Waals surface area contributed by atoms with Crippen LogP contribution in [0.3, 0.4) is 0 Å². The fourth-order valence-corrected chi connectivity index (χ4v) is 2.09. The van der Waals surface area contributed by atoms with Gasteiger partial charge in [0, 0.05) is 6.61 Å². The van der Waals surface area contributed by atoms with Crippen molar-refractivity contribution in [2.45, 2.75) is 71.5 Å². The molecule has 0 aromatic rings. The van der Waals surface area contributed by atoms with Crippen LogP contribution in [0.25, 0.3) is 0 Å². The zero-order valence-electron chi connectivity index (χ0n) is 11.4. The molecule has 0 aromatic heterocycles. The fraction of sp³-hybridized carbons (Fsp3) is 0.857. The SMILES string of the molecule is C=C(C)C(O)(CCCCC)C(CC)OCC. The molecule has 96 valence electrons. The molecule has 0 radical (unpaired) electrons. The molecular formula is C14H28O2. The molecule has 0 aliphatic heterocycles. The topological polar surface area (TPSA) is 29.5 Å². The van der Waals surface area contributed by atoms with E-state index in [1.807, 2.05) is 20.8 Å². The minimum atomic E-state index is -0.847. The molecule has 0 spiro atoms. The maximum Gasteiger partial charge on any atom is 0.111 e. The third kappa shape index (κ3) is 4.26. The molecule has 0 rings (SSSR count). The molecule has 0 aliphatic rings. The molecule has 0 aliphatic carbocycles. The first-order valence-corrected chi connectivity index (χ1v) is 6.52. The molecule has 1 N–H and O–H groups in total. The van der Waals surface area contributed by atoms with Crippen LogP contribution in [-0.2, 0) is 4.74 Å². The maximum absolute atomic E-state index is 10.7. The van der Waals surface area contributed by atoms with E-state index in [1.54, 1.807) is 0 Å². The first-order valence-electron chi connectivity index (χ1n) is 6.52. The molecule has 0 heterocycles. The van der Waals surface area contributed by atoms with E-state index < -0.39 is 5.60 Å². The van der Waals surface area contributed by atoms with Crippen LogP contribution in [-0.4, -0.2) is 23.4 Å². The van der Waals surface area contributed by atoms with Crippen molar-refractivity contribution in [3.8, 4) is 0 Å². The van der Waals surface area contributed by atoms with Gasteiger partial charge in [-0.25, -0.2) is 0 Å². The molecule has 0 saturated carbocycles. The molecule has 0 aromatic carbocycles. The van der Waals surface area contributed by atoms with Gasteiger partial charge in [-0.15, -0.1) is 0 Å². The molecule has 0 saturated heterocycles. The molecule has 2 nitrogen and oxygen atoms in total. The van der Waals surface area contributed by atoms with E-state index in [4.69, 9.17) is 4.74 Å². The van der Waals surface area contributed by atoms with E-state index in [1.165, 1.54) is 0 Å². The number of hydrogen-bond acceptors (Lipinski definition) is 2. The Morgan fingerprint density at radius 2 is 1.94 bits per heavy atom. The lowest BCUT2D eigenvalue weighted by Crippen LogP contribution is -2.44. The second-order valence-electron chi connectivity index (χ2n) is 4.51. The summed E-state index contributed by atoms with van der Waals surface area (Å²) in [6.45, 7) is 12.6. The van der Waals surface area contributed by atoms with Gasteiger partial charge in [0.25, 0.3) is 0 Å². The number of ether oxygens (including phenoxy) is 1. The molecule has 0 fully saturated rings. The molecule has 16 heavy (non-hydrogen) atoms. The Bertz CT molecular complexity index is 201. The van der Waals surface area contributed by atoms with Gasteiger partial charge < -0.3 is 9.84 Å². The third-order valence-corrected chi connectivity index (χ3v) is 3.17. The monoisotopic (exact) mass is 228 g/mol. The largest absolute Gasteiger partial charge is 0.383 e. The van der Waals surface area contributed by atoms with Gasteiger partial charge in [0.05, 0.1) is 6.10 Å². The van der Waals surface area contributed by atoms with E-state index >= 15 is 0 Å². The lowest BCUT2D eigenvalue weighted by Gasteiger charge is -2.36. The zero-order valence-corrected chi connectivity index (χ0v) is 11.4. The van der Waals surface area contributed by atoms with Crippen molar-refractivity contribution >= 4 is 0 Å². The van der Waals surface area contributed by atoms with Crippen LogP contribution >= 0.6 is 0 Å². The normalized spacial score (nSPS) is 16.8. The Hall–Kier alpha value is -0.340. The second kappa shape index (κ2) is 7.86. The van der Waals surface area contributed by atoms with Gasteiger partial charge in [0.15, 0.2) is 0 Å². The van der Waals surface area contributed by atoms with E-state index in [0.717, 1.165) is 37.7 Å². The Balaban J connectivity index is 4.57. The summed E-state index contributed by atoms with van der Waals surface area (Å²) in [5, 5.41) is 10.7. The van der Waals surface area contributed by atoms with Crippen LogP contribution in [0.5, 0.6) is 0 Å². The lowest BCUT2D eigenvalue weighted by molar-refractivity contribution is -0.0904. The van der Waals surface area contributed by atoms with Crippen molar-refractivity contribution in [2.75, 3.05) is 6.61 Å². The quantitative estimate of drug-likeness (QED) is 0.482. The molecule has 2 atom stereocenters. The Morgan fingerprint density at radius 3 is 2.31 bits per heavy atom. The summed E-state index contributed by atoms with van der Waals surface area (Å²) in [5.74, 6) is 0. The number of aliphatic hydroxyl groups is 1. The summed E-state index contributed by atoms with van der Waals surface area (Å²) in [6, 6.07) is 0. The minimum Gasteiger partial charge on any atom is -0.383 e. The van der Waals surface area contributed by atoms with Crippen LogP contribution in [0.4, 0.5) is 0 Å². The molecule has 2 heteroatoms. The summed E-state index contributed by atoms with van der Waals surface area (Å²) < 4.78 is 5.64. The molecular weight excluding hydrogens is 200 g/mol. The van der Waals surface area contributed by atoms with Crippen molar-refractivity contribution in [3.63, 3.8) is 0 Å². The van der Waals surface area contributed by atoms with Gasteiger partial charge in [-0.3, -0.25) is 0 Å². The van der Waals surface area contributed by atoms with Gasteiger partial charge in [-0.05, 0) is 32.3 Å². The number of unbranched alkanes of at least 4 members (excludes halogenated alkanes) is 2. The van der Waals surface area contributed by atoms with Crippen LogP contribution in [0, 0.1) is 0 Å². The van der Waals surface area contributed by atoms with Gasteiger partial charge >= 0.3 is 0 Å². The maximum atomic E-state index is 10.7. The van der Waals surface area contributed by atoms with Crippen molar-refractivity contribution in [1.82, 2.24) is 0 Å². The number of hydrogen-bond donors (Lipinski definition) is 1. The van der Waals surface area contributed by atoms with Crippen molar-refractivity contribution < 1.29 is 9.84 Å². The van der Waals surface area contributed by atoms with E-state index in [2.05, 4.69) is 13.5 Å². The second-order valence-corrected chi connectivity index (χ2v) is 4.51. The first-order chi connectivity index (χ1) is 7.52. The highest BCUT2D eigenvalue weighted by Gasteiger charge is 2.36. The molecule has 0 bridgehead atoms. The van der Waals surface area contributed by atoms with Crippen LogP contribution in [0.1, 0.15) is 59.8 Å². The van der Waals surface area contributed by atoms with Crippen LogP contribution in [0.15, 0.2) is 12.2 Å². The Labute approximate surface area is 101 Å². The minimum absolute atomic E-state index is 0.119. The molecule has 2 unspecified atom stereocenters. The summed E-state index contributed by atoms with van der Waals surface area (Å²) in [7, 11) is 0. The summed E-state index contributed by atoms with van der Waals surface area (Å²) >= 11 is 0. The smallest absolute Gasteiger partial charge is 0.111 e. The Morgan fingerprint density at radius 1 is 1.31 bits per heavy atom. The molecule has 0 amide bonds. The standard InChI is InChI=1S/C14H28O2/c1-6-9-10-11-14(15,12(4)5)13(7-2)16-8-3/h13,15H,4,6-11H2,1-3,5H3. The highest BCUT2D eigenvalue weighted by atomic mass is 16.5. The van der Waals surface area contributed by atoms with Gasteiger partial charge in [0.2, 0.25) is 0 Å². The summed E-state index contributed by atoms with van der Waals surface area (Å²) in [6.07, 6.45) is 4.81. The van der Waals surface area contributed by atoms with Crippen LogP contribution < -0.4 is 0 Å². The average molecular weight is 228 g/mol. The highest BCUT2D eigenvalue weighted by Crippen LogP contribution is 2.30. The number of rotatable bonds is 9. The van der Waals surface area contributed by atoms with Gasteiger partial charge in [-0.2, -0.15) is 0 Å². The highest BCUT2D eigenvalue weighted by molar-refractivity contribution is 5.13. The van der Waals surface area contributed by atoms with Crippen molar-refractivity contribution in [2.24, 2.45) is 0 Å². The van der Waals surface area contributed by atoms with Crippen molar-refractivity contribution in [3.05, 3.63) is 12.2 Å². The first kappa shape index (κ1) is 15.7. The summed E-state index contributed by atoms with van der Waals surface area (Å²) in [4.78, 5) is 0. The lowest BCUT2D eigenvalue weighted by atomic mass is 9.83. The Kier molecular flexibility index (Phi) is 7.69. The zero-order chi connectivity index (χ0) is 12.6.